The zero-order valence-electron chi connectivity index (χ0n) is 9.02. The van der Waals surface area contributed by atoms with Gasteiger partial charge in [0, 0.05) is 23.3 Å². The SMILES string of the molecule is Fc1[c-]c(F)c(F)c(-c2c(F)c(F)[c-]c(F)c2F)c1F. The average molecular weight is 296 g/mol. The first-order valence-electron chi connectivity index (χ1n) is 4.76. The van der Waals surface area contributed by atoms with Crippen LogP contribution in [0.3, 0.4) is 0 Å². The van der Waals surface area contributed by atoms with Crippen LogP contribution in [0.2, 0.25) is 0 Å². The molecule has 0 bridgehead atoms. The van der Waals surface area contributed by atoms with Crippen molar-refractivity contribution in [1.82, 2.24) is 0 Å². The summed E-state index contributed by atoms with van der Waals surface area (Å²) in [6.07, 6.45) is 0. The highest BCUT2D eigenvalue weighted by atomic mass is 19.2. The Morgan fingerprint density at radius 3 is 0.800 bits per heavy atom. The summed E-state index contributed by atoms with van der Waals surface area (Å²) in [6, 6.07) is 1.92. The molecule has 2 aromatic carbocycles. The molecule has 0 aliphatic carbocycles. The van der Waals surface area contributed by atoms with Crippen molar-refractivity contribution in [3.05, 3.63) is 58.7 Å². The average Bonchev–Trinajstić information content (AvgIpc) is 2.38. The molecule has 2 rings (SSSR count). The van der Waals surface area contributed by atoms with E-state index in [0.29, 0.717) is 0 Å². The predicted molar refractivity (Wildman–Crippen MR) is 49.2 cm³/mol. The van der Waals surface area contributed by atoms with Gasteiger partial charge in [0.15, 0.2) is 0 Å². The van der Waals surface area contributed by atoms with E-state index in [4.69, 9.17) is 0 Å². The minimum atomic E-state index is -2.24. The van der Waals surface area contributed by atoms with Crippen molar-refractivity contribution >= 4 is 0 Å². The molecule has 0 amide bonds. The van der Waals surface area contributed by atoms with Gasteiger partial charge in [-0.25, -0.2) is 17.6 Å². The first-order valence-corrected chi connectivity index (χ1v) is 4.76. The summed E-state index contributed by atoms with van der Waals surface area (Å²) < 4.78 is 105. The predicted octanol–water partition coefficient (Wildman–Crippen LogP) is 4.07. The topological polar surface area (TPSA) is 0 Å². The smallest absolute Gasteiger partial charge is 0.0522 e. The standard InChI is InChI=1S/C12F8/c13-3-1-4(14)10(18)7(9(3)17)8-11(19)5(15)2-6(16)12(8)20/q-2. The van der Waals surface area contributed by atoms with Gasteiger partial charge in [-0.15, -0.1) is 12.1 Å². The van der Waals surface area contributed by atoms with Crippen LogP contribution < -0.4 is 0 Å². The molecule has 0 fully saturated rings. The lowest BCUT2D eigenvalue weighted by Crippen LogP contribution is -2.05. The van der Waals surface area contributed by atoms with E-state index >= 15 is 0 Å². The van der Waals surface area contributed by atoms with Crippen LogP contribution in [0.25, 0.3) is 11.1 Å². The Kier molecular flexibility index (Phi) is 3.41. The molecule has 106 valence electrons. The van der Waals surface area contributed by atoms with E-state index in [1.165, 1.54) is 0 Å². The lowest BCUT2D eigenvalue weighted by molar-refractivity contribution is 0.439. The molecule has 20 heavy (non-hydrogen) atoms. The first kappa shape index (κ1) is 14.3. The number of rotatable bonds is 1. The Labute approximate surface area is 106 Å². The molecule has 0 N–H and O–H groups in total. The third-order valence-corrected chi connectivity index (χ3v) is 2.34. The van der Waals surface area contributed by atoms with Gasteiger partial charge < -0.3 is 0 Å². The summed E-state index contributed by atoms with van der Waals surface area (Å²) in [5.74, 6) is -17.4. The van der Waals surface area contributed by atoms with Gasteiger partial charge in [-0.3, -0.25) is 17.6 Å². The minimum Gasteiger partial charge on any atom is -0.281 e. The summed E-state index contributed by atoms with van der Waals surface area (Å²) in [6.45, 7) is 0. The van der Waals surface area contributed by atoms with E-state index in [1.54, 1.807) is 0 Å². The van der Waals surface area contributed by atoms with Crippen molar-refractivity contribution in [2.24, 2.45) is 0 Å². The van der Waals surface area contributed by atoms with E-state index < -0.39 is 57.7 Å². The lowest BCUT2D eigenvalue weighted by Gasteiger charge is -2.22. The maximum Gasteiger partial charge on any atom is 0.0522 e. The molecule has 0 spiro atoms. The first-order chi connectivity index (χ1) is 9.25. The third kappa shape index (κ3) is 2.00. The van der Waals surface area contributed by atoms with Crippen LogP contribution in [-0.4, -0.2) is 0 Å². The largest absolute Gasteiger partial charge is 0.281 e. The van der Waals surface area contributed by atoms with E-state index in [9.17, 15) is 35.1 Å². The molecule has 0 radical (unpaired) electrons. The van der Waals surface area contributed by atoms with Gasteiger partial charge in [0.05, 0.1) is 23.3 Å². The van der Waals surface area contributed by atoms with Gasteiger partial charge in [-0.2, -0.15) is 0 Å². The second-order valence-electron chi connectivity index (χ2n) is 3.51. The monoisotopic (exact) mass is 296 g/mol. The Morgan fingerprint density at radius 2 is 0.600 bits per heavy atom. The van der Waals surface area contributed by atoms with E-state index in [2.05, 4.69) is 0 Å². The van der Waals surface area contributed by atoms with Gasteiger partial charge in [0.25, 0.3) is 0 Å². The van der Waals surface area contributed by atoms with Crippen molar-refractivity contribution in [1.29, 1.82) is 0 Å². The molecule has 0 unspecified atom stereocenters. The number of hydrogen-bond donors (Lipinski definition) is 0. The van der Waals surface area contributed by atoms with Crippen LogP contribution >= 0.6 is 0 Å². The number of benzene rings is 2. The molecule has 0 aromatic heterocycles. The fourth-order valence-corrected chi connectivity index (χ4v) is 1.48. The molecular formula is C12F8-2. The van der Waals surface area contributed by atoms with Crippen molar-refractivity contribution in [2.45, 2.75) is 0 Å². The van der Waals surface area contributed by atoms with Crippen LogP contribution in [0, 0.1) is 58.7 Å². The molecule has 0 aliphatic rings. The highest BCUT2D eigenvalue weighted by Crippen LogP contribution is 2.34. The fraction of sp³-hybridized carbons (Fsp3) is 0. The highest BCUT2D eigenvalue weighted by Gasteiger charge is 2.17. The Balaban J connectivity index is 2.96. The van der Waals surface area contributed by atoms with Gasteiger partial charge in [-0.1, -0.05) is 11.1 Å². The molecule has 0 saturated heterocycles. The van der Waals surface area contributed by atoms with E-state index in [-0.39, 0.29) is 0 Å². The van der Waals surface area contributed by atoms with Gasteiger partial charge >= 0.3 is 0 Å². The van der Waals surface area contributed by atoms with E-state index in [0.717, 1.165) is 12.1 Å². The van der Waals surface area contributed by atoms with Crippen molar-refractivity contribution in [3.63, 3.8) is 0 Å². The second kappa shape index (κ2) is 4.77. The Hall–Kier alpha value is -2.12. The zero-order valence-corrected chi connectivity index (χ0v) is 9.02. The minimum absolute atomic E-state index is 0.961. The van der Waals surface area contributed by atoms with Crippen LogP contribution in [0.4, 0.5) is 35.1 Å². The summed E-state index contributed by atoms with van der Waals surface area (Å²) in [5, 5.41) is 0. The molecule has 0 saturated carbocycles. The normalized spacial score (nSPS) is 11.0. The lowest BCUT2D eigenvalue weighted by atomic mass is 10.0. The quantitative estimate of drug-likeness (QED) is 0.423. The van der Waals surface area contributed by atoms with Gasteiger partial charge in [0.2, 0.25) is 0 Å². The highest BCUT2D eigenvalue weighted by molar-refractivity contribution is 5.66. The zero-order chi connectivity index (χ0) is 15.2. The molecule has 8 heteroatoms. The molecule has 0 nitrogen and oxygen atoms in total. The van der Waals surface area contributed by atoms with Crippen molar-refractivity contribution < 1.29 is 35.1 Å². The molecule has 0 atom stereocenters. The van der Waals surface area contributed by atoms with Crippen LogP contribution in [0.15, 0.2) is 0 Å². The van der Waals surface area contributed by atoms with Gasteiger partial charge in [-0.05, 0) is 0 Å². The maximum absolute atomic E-state index is 13.4. The van der Waals surface area contributed by atoms with Crippen LogP contribution in [0.1, 0.15) is 0 Å². The fourth-order valence-electron chi connectivity index (χ4n) is 1.48. The second-order valence-corrected chi connectivity index (χ2v) is 3.51. The Morgan fingerprint density at radius 1 is 0.400 bits per heavy atom. The van der Waals surface area contributed by atoms with Crippen molar-refractivity contribution in [3.8, 4) is 11.1 Å². The van der Waals surface area contributed by atoms with Crippen LogP contribution in [-0.2, 0) is 0 Å². The summed E-state index contributed by atoms with van der Waals surface area (Å²) >= 11 is 0. The molecule has 0 heterocycles. The summed E-state index contributed by atoms with van der Waals surface area (Å²) in [4.78, 5) is 0. The summed E-state index contributed by atoms with van der Waals surface area (Å²) in [5.41, 5.74) is -3.83. The van der Waals surface area contributed by atoms with Crippen molar-refractivity contribution in [2.75, 3.05) is 0 Å². The van der Waals surface area contributed by atoms with Crippen LogP contribution in [0.5, 0.6) is 0 Å². The molecule has 0 aliphatic heterocycles. The number of halogens is 8. The number of hydrogen-bond acceptors (Lipinski definition) is 0. The maximum atomic E-state index is 13.4. The third-order valence-electron chi connectivity index (χ3n) is 2.34. The Bertz CT molecular complexity index is 594. The van der Waals surface area contributed by atoms with E-state index in [1.807, 2.05) is 0 Å². The molecular weight excluding hydrogens is 296 g/mol. The van der Waals surface area contributed by atoms with Gasteiger partial charge in [0.1, 0.15) is 0 Å². The summed E-state index contributed by atoms with van der Waals surface area (Å²) in [7, 11) is 0. The molecule has 2 aromatic rings.